The van der Waals surface area contributed by atoms with E-state index in [-0.39, 0.29) is 10.8 Å². The smallest absolute Gasteiger partial charge is 0.0335 e. The van der Waals surface area contributed by atoms with Crippen molar-refractivity contribution in [3.63, 3.8) is 0 Å². The van der Waals surface area contributed by atoms with Crippen LogP contribution in [0.3, 0.4) is 0 Å². The molecule has 0 N–H and O–H groups in total. The first-order valence-corrected chi connectivity index (χ1v) is 4.46. The number of hydrogen-bond donors (Lipinski definition) is 0. The predicted molar refractivity (Wildman–Crippen MR) is 55.8 cm³/mol. The largest absolute Gasteiger partial charge is 0.120 e. The van der Waals surface area contributed by atoms with Crippen LogP contribution in [0.25, 0.3) is 0 Å². The fraction of sp³-hybridized carbons (Fsp3) is 0.667. The van der Waals surface area contributed by atoms with Crippen LogP contribution in [0.15, 0.2) is 12.7 Å². The van der Waals surface area contributed by atoms with Crippen molar-refractivity contribution in [2.45, 2.75) is 40.5 Å². The SMILES string of the molecule is C#CC(C)(CCC=C)C(C)(C)C. The van der Waals surface area contributed by atoms with Crippen LogP contribution in [0.2, 0.25) is 0 Å². The fourth-order valence-electron chi connectivity index (χ4n) is 1.05. The Balaban J connectivity index is 4.48. The van der Waals surface area contributed by atoms with E-state index in [0.29, 0.717) is 0 Å². The van der Waals surface area contributed by atoms with Gasteiger partial charge in [-0.2, -0.15) is 0 Å². The van der Waals surface area contributed by atoms with E-state index < -0.39 is 0 Å². The lowest BCUT2D eigenvalue weighted by atomic mass is 9.66. The molecule has 0 saturated heterocycles. The van der Waals surface area contributed by atoms with E-state index in [1.165, 1.54) is 0 Å². The first-order chi connectivity index (χ1) is 5.37. The number of rotatable bonds is 3. The van der Waals surface area contributed by atoms with Gasteiger partial charge >= 0.3 is 0 Å². The highest BCUT2D eigenvalue weighted by atomic mass is 14.4. The van der Waals surface area contributed by atoms with Crippen LogP contribution in [0.1, 0.15) is 40.5 Å². The van der Waals surface area contributed by atoms with Gasteiger partial charge in [-0.05, 0) is 25.2 Å². The lowest BCUT2D eigenvalue weighted by Gasteiger charge is -2.37. The molecule has 0 aliphatic heterocycles. The Morgan fingerprint density at radius 1 is 1.33 bits per heavy atom. The summed E-state index contributed by atoms with van der Waals surface area (Å²) in [5, 5.41) is 0. The van der Waals surface area contributed by atoms with E-state index in [2.05, 4.69) is 40.2 Å². The number of terminal acetylenes is 1. The minimum absolute atomic E-state index is 0.0127. The highest BCUT2D eigenvalue weighted by Gasteiger charge is 2.34. The Morgan fingerprint density at radius 2 is 1.83 bits per heavy atom. The average Bonchev–Trinajstić information content (AvgIpc) is 1.98. The predicted octanol–water partition coefficient (Wildman–Crippen LogP) is 3.64. The van der Waals surface area contributed by atoms with Crippen LogP contribution in [0.4, 0.5) is 0 Å². The first kappa shape index (κ1) is 11.3. The van der Waals surface area contributed by atoms with Gasteiger partial charge in [0, 0.05) is 5.41 Å². The summed E-state index contributed by atoms with van der Waals surface area (Å²) < 4.78 is 0. The summed E-state index contributed by atoms with van der Waals surface area (Å²) in [6.07, 6.45) is 9.50. The van der Waals surface area contributed by atoms with Gasteiger partial charge in [0.2, 0.25) is 0 Å². The maximum Gasteiger partial charge on any atom is 0.0335 e. The van der Waals surface area contributed by atoms with Gasteiger partial charge < -0.3 is 0 Å². The Kier molecular flexibility index (Phi) is 3.58. The van der Waals surface area contributed by atoms with Crippen molar-refractivity contribution in [1.82, 2.24) is 0 Å². The Morgan fingerprint density at radius 3 is 2.08 bits per heavy atom. The second-order valence-electron chi connectivity index (χ2n) is 4.55. The molecule has 0 amide bonds. The minimum atomic E-state index is -0.0127. The lowest BCUT2D eigenvalue weighted by molar-refractivity contribution is 0.169. The molecule has 1 atom stereocenters. The summed E-state index contributed by atoms with van der Waals surface area (Å²) in [4.78, 5) is 0. The van der Waals surface area contributed by atoms with Gasteiger partial charge in [-0.15, -0.1) is 13.0 Å². The molecule has 0 radical (unpaired) electrons. The van der Waals surface area contributed by atoms with Crippen molar-refractivity contribution in [1.29, 1.82) is 0 Å². The van der Waals surface area contributed by atoms with Crippen LogP contribution in [0, 0.1) is 23.2 Å². The van der Waals surface area contributed by atoms with Gasteiger partial charge in [-0.25, -0.2) is 0 Å². The fourth-order valence-corrected chi connectivity index (χ4v) is 1.05. The van der Waals surface area contributed by atoms with E-state index in [9.17, 15) is 0 Å². The van der Waals surface area contributed by atoms with Gasteiger partial charge in [0.1, 0.15) is 0 Å². The summed E-state index contributed by atoms with van der Waals surface area (Å²) in [6, 6.07) is 0. The first-order valence-electron chi connectivity index (χ1n) is 4.46. The van der Waals surface area contributed by atoms with Crippen molar-refractivity contribution >= 4 is 0 Å². The van der Waals surface area contributed by atoms with Gasteiger partial charge in [-0.3, -0.25) is 0 Å². The van der Waals surface area contributed by atoms with E-state index in [0.717, 1.165) is 12.8 Å². The van der Waals surface area contributed by atoms with Crippen LogP contribution in [-0.4, -0.2) is 0 Å². The van der Waals surface area contributed by atoms with Crippen molar-refractivity contribution in [3.05, 3.63) is 12.7 Å². The molecule has 0 aromatic heterocycles. The summed E-state index contributed by atoms with van der Waals surface area (Å²) in [5.41, 5.74) is 0.159. The Labute approximate surface area is 77.1 Å². The molecule has 0 rings (SSSR count). The molecule has 0 nitrogen and oxygen atoms in total. The maximum absolute atomic E-state index is 5.55. The van der Waals surface area contributed by atoms with Crippen molar-refractivity contribution in [2.75, 3.05) is 0 Å². The molecule has 0 aliphatic rings. The molecule has 0 fully saturated rings. The monoisotopic (exact) mass is 164 g/mol. The molecule has 0 aromatic rings. The molecule has 0 heteroatoms. The zero-order valence-electron chi connectivity index (χ0n) is 8.78. The molecular weight excluding hydrogens is 144 g/mol. The average molecular weight is 164 g/mol. The number of allylic oxidation sites excluding steroid dienone is 1. The van der Waals surface area contributed by atoms with Crippen molar-refractivity contribution in [3.8, 4) is 12.3 Å². The van der Waals surface area contributed by atoms with Crippen LogP contribution >= 0.6 is 0 Å². The summed E-state index contributed by atoms with van der Waals surface area (Å²) in [5.74, 6) is 2.91. The van der Waals surface area contributed by atoms with E-state index >= 15 is 0 Å². The molecule has 68 valence electrons. The van der Waals surface area contributed by atoms with Crippen LogP contribution < -0.4 is 0 Å². The van der Waals surface area contributed by atoms with E-state index in [1.807, 2.05) is 6.08 Å². The minimum Gasteiger partial charge on any atom is -0.120 e. The Bertz CT molecular complexity index is 187. The molecule has 1 unspecified atom stereocenters. The normalized spacial score (nSPS) is 16.2. The molecule has 0 spiro atoms. The van der Waals surface area contributed by atoms with Crippen molar-refractivity contribution in [2.24, 2.45) is 10.8 Å². The zero-order chi connectivity index (χ0) is 9.83. The molecular formula is C12H20. The second kappa shape index (κ2) is 3.81. The molecule has 12 heavy (non-hydrogen) atoms. The second-order valence-corrected chi connectivity index (χ2v) is 4.55. The zero-order valence-corrected chi connectivity index (χ0v) is 8.78. The van der Waals surface area contributed by atoms with Gasteiger partial charge in [0.05, 0.1) is 0 Å². The van der Waals surface area contributed by atoms with E-state index in [1.54, 1.807) is 0 Å². The highest BCUT2D eigenvalue weighted by molar-refractivity contribution is 5.09. The Hall–Kier alpha value is -0.700. The van der Waals surface area contributed by atoms with Gasteiger partial charge in [0.15, 0.2) is 0 Å². The third-order valence-electron chi connectivity index (χ3n) is 2.82. The maximum atomic E-state index is 5.55. The third kappa shape index (κ3) is 2.41. The molecule has 0 aromatic carbocycles. The van der Waals surface area contributed by atoms with Gasteiger partial charge in [-0.1, -0.05) is 32.8 Å². The lowest BCUT2D eigenvalue weighted by Crippen LogP contribution is -2.31. The highest BCUT2D eigenvalue weighted by Crippen LogP contribution is 2.41. The number of hydrogen-bond acceptors (Lipinski definition) is 0. The molecule has 0 heterocycles. The van der Waals surface area contributed by atoms with Crippen LogP contribution in [-0.2, 0) is 0 Å². The molecule has 0 bridgehead atoms. The summed E-state index contributed by atoms with van der Waals surface area (Å²) >= 11 is 0. The summed E-state index contributed by atoms with van der Waals surface area (Å²) in [6.45, 7) is 12.4. The quantitative estimate of drug-likeness (QED) is 0.441. The third-order valence-corrected chi connectivity index (χ3v) is 2.82. The van der Waals surface area contributed by atoms with E-state index in [4.69, 9.17) is 6.42 Å². The van der Waals surface area contributed by atoms with Gasteiger partial charge in [0.25, 0.3) is 0 Å². The standard InChI is InChI=1S/C12H20/c1-7-9-10-12(6,8-2)11(3,4)5/h2,7H,1,9-10H2,3-6H3. The molecule has 0 aliphatic carbocycles. The molecule has 0 saturated carbocycles. The van der Waals surface area contributed by atoms with Crippen molar-refractivity contribution < 1.29 is 0 Å². The topological polar surface area (TPSA) is 0 Å². The van der Waals surface area contributed by atoms with Crippen LogP contribution in [0.5, 0.6) is 0 Å². The summed E-state index contributed by atoms with van der Waals surface area (Å²) in [7, 11) is 0.